The third kappa shape index (κ3) is 7.04. The van der Waals surface area contributed by atoms with Gasteiger partial charge in [0, 0.05) is 21.2 Å². The highest BCUT2D eigenvalue weighted by Crippen LogP contribution is 2.37. The van der Waals surface area contributed by atoms with Crippen molar-refractivity contribution in [2.45, 2.75) is 13.5 Å². The third-order valence-corrected chi connectivity index (χ3v) is 5.92. The second kappa shape index (κ2) is 12.7. The molecule has 0 heterocycles. The number of carbonyl (C=O) groups is 1. The van der Waals surface area contributed by atoms with E-state index >= 15 is 0 Å². The summed E-state index contributed by atoms with van der Waals surface area (Å²) < 4.78 is 22.8. The Balaban J connectivity index is 1.69. The molecule has 0 saturated heterocycles. The number of amides is 1. The summed E-state index contributed by atoms with van der Waals surface area (Å²) in [5, 5.41) is 5.11. The molecular weight excluding hydrogens is 559 g/mol. The molecule has 1 amide bonds. The van der Waals surface area contributed by atoms with Gasteiger partial charge in [-0.2, -0.15) is 5.10 Å². The Morgan fingerprint density at radius 2 is 1.77 bits per heavy atom. The molecule has 0 aromatic heterocycles. The summed E-state index contributed by atoms with van der Waals surface area (Å²) in [5.74, 6) is 1.61. The summed E-state index contributed by atoms with van der Waals surface area (Å²) in [5.41, 5.74) is 4.34. The van der Waals surface area contributed by atoms with Crippen molar-refractivity contribution in [1.82, 2.24) is 5.43 Å². The van der Waals surface area contributed by atoms with Gasteiger partial charge in [-0.15, -0.1) is 0 Å². The molecule has 0 aliphatic rings. The fraction of sp³-hybridized carbons (Fsp3) is 0.200. The molecule has 7 nitrogen and oxygen atoms in total. The van der Waals surface area contributed by atoms with E-state index in [1.807, 2.05) is 6.92 Å². The maximum atomic E-state index is 12.5. The lowest BCUT2D eigenvalue weighted by Crippen LogP contribution is -2.17. The number of methoxy groups -OCH3 is 2. The largest absolute Gasteiger partial charge is 0.493 e. The first kappa shape index (κ1) is 26.7. The summed E-state index contributed by atoms with van der Waals surface area (Å²) in [6.07, 6.45) is 1.50. The van der Waals surface area contributed by atoms with Crippen LogP contribution in [0.3, 0.4) is 0 Å². The van der Waals surface area contributed by atoms with E-state index in [0.29, 0.717) is 55.2 Å². The van der Waals surface area contributed by atoms with Gasteiger partial charge >= 0.3 is 0 Å². The topological polar surface area (TPSA) is 78.4 Å². The molecule has 0 unspecified atom stereocenters. The highest BCUT2D eigenvalue weighted by atomic mass is 79.9. The van der Waals surface area contributed by atoms with Gasteiger partial charge in [0.2, 0.25) is 0 Å². The Morgan fingerprint density at radius 1 is 1.00 bits per heavy atom. The van der Waals surface area contributed by atoms with E-state index in [2.05, 4.69) is 26.5 Å². The number of ether oxygens (including phenoxy) is 4. The molecule has 1 N–H and O–H groups in total. The standard InChI is InChI=1S/C25H23BrCl2N2O5/c1-4-34-21-8-6-16(11-22(21)32-2)25(31)30-29-13-15-9-19(26)24(23(10-15)33-3)35-14-17-5-7-18(27)12-20(17)28/h5-13H,4,14H2,1-3H3,(H,30,31)/b29-13+. The number of hydrazone groups is 1. The van der Waals surface area contributed by atoms with Crippen LogP contribution in [0.5, 0.6) is 23.0 Å². The van der Waals surface area contributed by atoms with Crippen LogP contribution in [0, 0.1) is 0 Å². The zero-order chi connectivity index (χ0) is 25.4. The Bertz CT molecular complexity index is 1240. The van der Waals surface area contributed by atoms with Crippen molar-refractivity contribution in [3.8, 4) is 23.0 Å². The monoisotopic (exact) mass is 580 g/mol. The fourth-order valence-corrected chi connectivity index (χ4v) is 4.09. The van der Waals surface area contributed by atoms with Gasteiger partial charge < -0.3 is 18.9 Å². The van der Waals surface area contributed by atoms with Crippen molar-refractivity contribution in [3.05, 3.63) is 79.7 Å². The number of halogens is 3. The van der Waals surface area contributed by atoms with E-state index in [1.54, 1.807) is 48.5 Å². The third-order valence-electron chi connectivity index (χ3n) is 4.74. The molecule has 0 saturated carbocycles. The molecule has 0 spiro atoms. The predicted molar refractivity (Wildman–Crippen MR) is 141 cm³/mol. The zero-order valence-corrected chi connectivity index (χ0v) is 22.3. The Kier molecular flexibility index (Phi) is 9.65. The van der Waals surface area contributed by atoms with Crippen LogP contribution in [0.1, 0.15) is 28.4 Å². The smallest absolute Gasteiger partial charge is 0.271 e. The Hall–Kier alpha value is -2.94. The van der Waals surface area contributed by atoms with E-state index < -0.39 is 5.91 Å². The minimum Gasteiger partial charge on any atom is -0.493 e. The first-order valence-corrected chi connectivity index (χ1v) is 12.0. The molecule has 0 aliphatic carbocycles. The van der Waals surface area contributed by atoms with E-state index in [-0.39, 0.29) is 6.61 Å². The maximum Gasteiger partial charge on any atom is 0.271 e. The van der Waals surface area contributed by atoms with Gasteiger partial charge in [-0.1, -0.05) is 29.3 Å². The summed E-state index contributed by atoms with van der Waals surface area (Å²) in [7, 11) is 3.05. The number of carbonyl (C=O) groups excluding carboxylic acids is 1. The van der Waals surface area contributed by atoms with Crippen molar-refractivity contribution in [2.75, 3.05) is 20.8 Å². The lowest BCUT2D eigenvalue weighted by atomic mass is 10.2. The average molecular weight is 582 g/mol. The molecule has 3 rings (SSSR count). The molecule has 0 bridgehead atoms. The molecule has 10 heteroatoms. The van der Waals surface area contributed by atoms with Gasteiger partial charge in [0.25, 0.3) is 5.91 Å². The molecule has 35 heavy (non-hydrogen) atoms. The number of nitrogens with zero attached hydrogens (tertiary/aromatic N) is 1. The summed E-state index contributed by atoms with van der Waals surface area (Å²) in [6.45, 7) is 2.58. The van der Waals surface area contributed by atoms with Gasteiger partial charge in [0.05, 0.1) is 31.5 Å². The van der Waals surface area contributed by atoms with Crippen LogP contribution in [0.15, 0.2) is 58.1 Å². The highest BCUT2D eigenvalue weighted by Gasteiger charge is 2.14. The van der Waals surface area contributed by atoms with Crippen LogP contribution in [0.2, 0.25) is 10.0 Å². The summed E-state index contributed by atoms with van der Waals surface area (Å²) >= 11 is 15.7. The van der Waals surface area contributed by atoms with Crippen LogP contribution in [-0.2, 0) is 6.61 Å². The maximum absolute atomic E-state index is 12.5. The van der Waals surface area contributed by atoms with E-state index in [4.69, 9.17) is 42.1 Å². The fourth-order valence-electron chi connectivity index (χ4n) is 3.06. The van der Waals surface area contributed by atoms with E-state index in [1.165, 1.54) is 20.4 Å². The van der Waals surface area contributed by atoms with Crippen molar-refractivity contribution < 1.29 is 23.7 Å². The molecule has 0 fully saturated rings. The van der Waals surface area contributed by atoms with Crippen LogP contribution < -0.4 is 24.4 Å². The normalized spacial score (nSPS) is 10.8. The van der Waals surface area contributed by atoms with Crippen LogP contribution >= 0.6 is 39.1 Å². The van der Waals surface area contributed by atoms with Crippen LogP contribution in [0.25, 0.3) is 0 Å². The number of rotatable bonds is 10. The number of hydrogen-bond donors (Lipinski definition) is 1. The van der Waals surface area contributed by atoms with Crippen LogP contribution in [-0.4, -0.2) is 32.9 Å². The van der Waals surface area contributed by atoms with Gasteiger partial charge in [-0.05, 0) is 70.9 Å². The SMILES string of the molecule is CCOc1ccc(C(=O)N/N=C/c2cc(Br)c(OCc3ccc(Cl)cc3Cl)c(OC)c2)cc1OC. The van der Waals surface area contributed by atoms with Crippen molar-refractivity contribution >= 4 is 51.3 Å². The predicted octanol–water partition coefficient (Wildman–Crippen LogP) is 6.51. The molecule has 184 valence electrons. The highest BCUT2D eigenvalue weighted by molar-refractivity contribution is 9.10. The van der Waals surface area contributed by atoms with Gasteiger partial charge in [-0.25, -0.2) is 5.43 Å². The lowest BCUT2D eigenvalue weighted by molar-refractivity contribution is 0.0954. The molecule has 0 aliphatic heterocycles. The molecular formula is C25H23BrCl2N2O5. The summed E-state index contributed by atoms with van der Waals surface area (Å²) in [6, 6.07) is 13.6. The minimum absolute atomic E-state index is 0.222. The van der Waals surface area contributed by atoms with Gasteiger partial charge in [0.15, 0.2) is 23.0 Å². The minimum atomic E-state index is -0.395. The first-order valence-electron chi connectivity index (χ1n) is 10.4. The lowest BCUT2D eigenvalue weighted by Gasteiger charge is -2.14. The molecule has 0 radical (unpaired) electrons. The van der Waals surface area contributed by atoms with Crippen LogP contribution in [0.4, 0.5) is 0 Å². The first-order chi connectivity index (χ1) is 16.9. The Morgan fingerprint density at radius 3 is 2.46 bits per heavy atom. The second-order valence-electron chi connectivity index (χ2n) is 7.06. The van der Waals surface area contributed by atoms with E-state index in [0.717, 1.165) is 5.56 Å². The number of hydrogen-bond acceptors (Lipinski definition) is 6. The molecule has 0 atom stereocenters. The molecule has 3 aromatic carbocycles. The zero-order valence-electron chi connectivity index (χ0n) is 19.2. The van der Waals surface area contributed by atoms with Crippen molar-refractivity contribution in [1.29, 1.82) is 0 Å². The molecule has 3 aromatic rings. The van der Waals surface area contributed by atoms with E-state index in [9.17, 15) is 4.79 Å². The number of nitrogens with one attached hydrogen (secondary N) is 1. The van der Waals surface area contributed by atoms with Crippen molar-refractivity contribution in [2.24, 2.45) is 5.10 Å². The number of benzene rings is 3. The quantitative estimate of drug-likeness (QED) is 0.218. The summed E-state index contributed by atoms with van der Waals surface area (Å²) in [4.78, 5) is 12.5. The second-order valence-corrected chi connectivity index (χ2v) is 8.75. The van der Waals surface area contributed by atoms with Gasteiger partial charge in [-0.3, -0.25) is 4.79 Å². The Labute approximate surface area is 222 Å². The average Bonchev–Trinajstić information content (AvgIpc) is 2.84. The van der Waals surface area contributed by atoms with Gasteiger partial charge in [0.1, 0.15) is 6.61 Å². The van der Waals surface area contributed by atoms with Crippen molar-refractivity contribution in [3.63, 3.8) is 0 Å².